The van der Waals surface area contributed by atoms with Gasteiger partial charge in [-0.2, -0.15) is 8.42 Å². The first-order valence-corrected chi connectivity index (χ1v) is 12.9. The number of carbonyl (C=O) groups is 2. The summed E-state index contributed by atoms with van der Waals surface area (Å²) in [5.41, 5.74) is 3.55. The SMILES string of the molecule is CC(=O)NC[C@H]1CN(c2ccc(-c3ccc(CNCc4cnn[nH]4)cc3)c(F)c2)C(=O)O1.CS(=O)(=O)O. The lowest BCUT2D eigenvalue weighted by Gasteiger charge is -2.15. The van der Waals surface area contributed by atoms with Crippen molar-refractivity contribution < 1.29 is 31.7 Å². The number of halogens is 1. The maximum atomic E-state index is 14.9. The highest BCUT2D eigenvalue weighted by Crippen LogP contribution is 2.29. The molecule has 0 aliphatic carbocycles. The number of hydrogen-bond acceptors (Lipinski definition) is 8. The molecule has 0 saturated carbocycles. The predicted octanol–water partition coefficient (Wildman–Crippen LogP) is 1.87. The summed E-state index contributed by atoms with van der Waals surface area (Å²) >= 11 is 0. The molecular weight excluding hydrogens is 507 g/mol. The number of amides is 2. The van der Waals surface area contributed by atoms with E-state index in [1.165, 1.54) is 17.9 Å². The number of rotatable bonds is 8. The van der Waals surface area contributed by atoms with E-state index in [1.54, 1.807) is 18.3 Å². The lowest BCUT2D eigenvalue weighted by molar-refractivity contribution is -0.119. The normalized spacial score (nSPS) is 15.1. The minimum Gasteiger partial charge on any atom is -0.442 e. The third kappa shape index (κ3) is 8.93. The van der Waals surface area contributed by atoms with Gasteiger partial charge in [-0.25, -0.2) is 9.18 Å². The predicted molar refractivity (Wildman–Crippen MR) is 133 cm³/mol. The first-order chi connectivity index (χ1) is 17.5. The van der Waals surface area contributed by atoms with Crippen LogP contribution in [-0.2, 0) is 32.7 Å². The summed E-state index contributed by atoms with van der Waals surface area (Å²) < 4.78 is 46.0. The fourth-order valence-corrected chi connectivity index (χ4v) is 3.45. The van der Waals surface area contributed by atoms with Gasteiger partial charge in [0.15, 0.2) is 0 Å². The quantitative estimate of drug-likeness (QED) is 0.316. The average Bonchev–Trinajstić information content (AvgIpc) is 3.47. The van der Waals surface area contributed by atoms with Gasteiger partial charge in [-0.15, -0.1) is 5.10 Å². The maximum absolute atomic E-state index is 14.9. The highest BCUT2D eigenvalue weighted by molar-refractivity contribution is 7.85. The third-order valence-corrected chi connectivity index (χ3v) is 5.09. The van der Waals surface area contributed by atoms with Crippen LogP contribution in [0.2, 0.25) is 0 Å². The molecule has 1 atom stereocenters. The Kier molecular flexibility index (Phi) is 9.27. The molecule has 4 N–H and O–H groups in total. The van der Waals surface area contributed by atoms with Crippen LogP contribution in [0, 0.1) is 5.82 Å². The number of H-pyrrole nitrogens is 1. The lowest BCUT2D eigenvalue weighted by Crippen LogP contribution is -2.33. The standard InChI is InChI=1S/C22H23FN6O3.CH4O3S/c1-14(30)25-12-19-13-29(22(31)32-19)18-6-7-20(21(23)8-18)16-4-2-15(3-5-16)9-24-10-17-11-26-28-27-17;1-5(2,3)4/h2-8,11,19,24H,9-10,12-13H2,1H3,(H,25,30)(H,26,27,28);1H3,(H,2,3,4)/t19-;/m0./s1. The second-order valence-corrected chi connectivity index (χ2v) is 9.70. The van der Waals surface area contributed by atoms with Gasteiger partial charge in [0.25, 0.3) is 10.1 Å². The molecule has 1 aliphatic heterocycles. The van der Waals surface area contributed by atoms with Crippen LogP contribution >= 0.6 is 0 Å². The Morgan fingerprint density at radius 1 is 1.24 bits per heavy atom. The number of aromatic amines is 1. The highest BCUT2D eigenvalue weighted by Gasteiger charge is 2.32. The number of ether oxygens (including phenoxy) is 1. The van der Waals surface area contributed by atoms with Crippen LogP contribution in [0.1, 0.15) is 18.2 Å². The van der Waals surface area contributed by atoms with Crippen molar-refractivity contribution in [1.29, 1.82) is 0 Å². The number of anilines is 1. The van der Waals surface area contributed by atoms with Gasteiger partial charge in [-0.05, 0) is 29.3 Å². The van der Waals surface area contributed by atoms with E-state index < -0.39 is 28.1 Å². The number of hydrogen-bond donors (Lipinski definition) is 4. The molecule has 0 radical (unpaired) electrons. The molecule has 0 spiro atoms. The summed E-state index contributed by atoms with van der Waals surface area (Å²) in [4.78, 5) is 24.6. The van der Waals surface area contributed by atoms with Gasteiger partial charge in [0.1, 0.15) is 11.9 Å². The Hall–Kier alpha value is -3.88. The number of aromatic nitrogens is 3. The molecule has 2 heterocycles. The Morgan fingerprint density at radius 2 is 1.95 bits per heavy atom. The van der Waals surface area contributed by atoms with Crippen LogP contribution in [-0.4, -0.2) is 65.8 Å². The molecule has 1 fully saturated rings. The largest absolute Gasteiger partial charge is 0.442 e. The van der Waals surface area contributed by atoms with Crippen molar-refractivity contribution in [1.82, 2.24) is 26.0 Å². The minimum atomic E-state index is -3.67. The summed E-state index contributed by atoms with van der Waals surface area (Å²) in [6.45, 7) is 3.13. The van der Waals surface area contributed by atoms with Gasteiger partial charge in [0.05, 0.1) is 36.9 Å². The van der Waals surface area contributed by atoms with E-state index in [0.717, 1.165) is 16.8 Å². The smallest absolute Gasteiger partial charge is 0.414 e. The van der Waals surface area contributed by atoms with Crippen molar-refractivity contribution in [2.24, 2.45) is 0 Å². The van der Waals surface area contributed by atoms with E-state index in [1.807, 2.05) is 24.3 Å². The van der Waals surface area contributed by atoms with E-state index in [0.29, 0.717) is 30.6 Å². The van der Waals surface area contributed by atoms with E-state index in [4.69, 9.17) is 9.29 Å². The first kappa shape index (κ1) is 27.7. The zero-order chi connectivity index (χ0) is 27.0. The maximum Gasteiger partial charge on any atom is 0.414 e. The molecule has 4 rings (SSSR count). The second-order valence-electron chi connectivity index (χ2n) is 8.23. The molecule has 2 amide bonds. The minimum absolute atomic E-state index is 0.202. The van der Waals surface area contributed by atoms with Crippen molar-refractivity contribution in [2.45, 2.75) is 26.1 Å². The van der Waals surface area contributed by atoms with Crippen molar-refractivity contribution >= 4 is 27.8 Å². The van der Waals surface area contributed by atoms with Gasteiger partial charge < -0.3 is 15.4 Å². The molecular formula is C23H27FN6O6S. The van der Waals surface area contributed by atoms with Crippen molar-refractivity contribution in [2.75, 3.05) is 24.2 Å². The number of nitrogens with one attached hydrogen (secondary N) is 3. The molecule has 0 bridgehead atoms. The summed E-state index contributed by atoms with van der Waals surface area (Å²) in [7, 11) is -3.67. The number of cyclic esters (lactones) is 1. The van der Waals surface area contributed by atoms with Crippen LogP contribution in [0.25, 0.3) is 11.1 Å². The Bertz CT molecular complexity index is 1310. The molecule has 1 aromatic heterocycles. The molecule has 12 nitrogen and oxygen atoms in total. The van der Waals surface area contributed by atoms with Gasteiger partial charge in [0, 0.05) is 25.6 Å². The molecule has 198 valence electrons. The fraction of sp³-hybridized carbons (Fsp3) is 0.304. The molecule has 0 unspecified atom stereocenters. The summed E-state index contributed by atoms with van der Waals surface area (Å²) in [5.74, 6) is -0.634. The Morgan fingerprint density at radius 3 is 2.54 bits per heavy atom. The topological polar surface area (TPSA) is 167 Å². The Labute approximate surface area is 213 Å². The average molecular weight is 535 g/mol. The zero-order valence-electron chi connectivity index (χ0n) is 20.1. The fourth-order valence-electron chi connectivity index (χ4n) is 3.45. The monoisotopic (exact) mass is 534 g/mol. The highest BCUT2D eigenvalue weighted by atomic mass is 32.2. The first-order valence-electron chi connectivity index (χ1n) is 11.1. The molecule has 1 aliphatic rings. The number of benzene rings is 2. The van der Waals surface area contributed by atoms with Gasteiger partial charge in [-0.3, -0.25) is 19.3 Å². The zero-order valence-corrected chi connectivity index (χ0v) is 21.0. The van der Waals surface area contributed by atoms with Gasteiger partial charge >= 0.3 is 6.09 Å². The van der Waals surface area contributed by atoms with E-state index >= 15 is 0 Å². The van der Waals surface area contributed by atoms with Crippen LogP contribution in [0.4, 0.5) is 14.9 Å². The van der Waals surface area contributed by atoms with Crippen LogP contribution < -0.4 is 15.5 Å². The summed E-state index contributed by atoms with van der Waals surface area (Å²) in [6.07, 6.45) is 1.34. The van der Waals surface area contributed by atoms with Crippen molar-refractivity contribution in [3.8, 4) is 11.1 Å². The third-order valence-electron chi connectivity index (χ3n) is 5.09. The molecule has 2 aromatic carbocycles. The summed E-state index contributed by atoms with van der Waals surface area (Å²) in [5, 5.41) is 16.1. The van der Waals surface area contributed by atoms with Crippen LogP contribution in [0.3, 0.4) is 0 Å². The molecule has 3 aromatic rings. The Balaban J connectivity index is 0.000000695. The molecule has 14 heteroatoms. The van der Waals surface area contributed by atoms with Crippen molar-refractivity contribution in [3.63, 3.8) is 0 Å². The molecule has 1 saturated heterocycles. The van der Waals surface area contributed by atoms with E-state index in [9.17, 15) is 22.4 Å². The second kappa shape index (κ2) is 12.4. The van der Waals surface area contributed by atoms with Crippen LogP contribution in [0.5, 0.6) is 0 Å². The lowest BCUT2D eigenvalue weighted by atomic mass is 10.0. The van der Waals surface area contributed by atoms with E-state index in [2.05, 4.69) is 26.0 Å². The van der Waals surface area contributed by atoms with Gasteiger partial charge in [-0.1, -0.05) is 29.5 Å². The van der Waals surface area contributed by atoms with Crippen LogP contribution in [0.15, 0.2) is 48.7 Å². The summed E-state index contributed by atoms with van der Waals surface area (Å²) in [6, 6.07) is 12.3. The van der Waals surface area contributed by atoms with Gasteiger partial charge in [0.2, 0.25) is 5.91 Å². The van der Waals surface area contributed by atoms with Crippen molar-refractivity contribution in [3.05, 3.63) is 65.7 Å². The number of carbonyl (C=O) groups excluding carboxylic acids is 2. The number of nitrogens with zero attached hydrogens (tertiary/aromatic N) is 3. The molecule has 37 heavy (non-hydrogen) atoms. The van der Waals surface area contributed by atoms with E-state index in [-0.39, 0.29) is 19.0 Å².